The van der Waals surface area contributed by atoms with E-state index in [0.29, 0.717) is 0 Å². The minimum atomic E-state index is 0.126. The fourth-order valence-corrected chi connectivity index (χ4v) is 2.58. The Labute approximate surface area is 113 Å². The summed E-state index contributed by atoms with van der Waals surface area (Å²) in [5.74, 6) is 0.126. The highest BCUT2D eigenvalue weighted by Crippen LogP contribution is 2.27. The van der Waals surface area contributed by atoms with E-state index in [1.165, 1.54) is 11.1 Å². The van der Waals surface area contributed by atoms with E-state index >= 15 is 0 Å². The Morgan fingerprint density at radius 1 is 1.11 bits per heavy atom. The van der Waals surface area contributed by atoms with Crippen molar-refractivity contribution in [3.63, 3.8) is 0 Å². The molecule has 1 N–H and O–H groups in total. The number of hydrogen-bond acceptors (Lipinski definition) is 2. The number of anilines is 1. The number of rotatable bonds is 2. The molecule has 1 heterocycles. The first-order valence-electron chi connectivity index (χ1n) is 6.73. The van der Waals surface area contributed by atoms with Gasteiger partial charge in [0.25, 0.3) is 0 Å². The minimum absolute atomic E-state index is 0.126. The van der Waals surface area contributed by atoms with Crippen molar-refractivity contribution in [2.24, 2.45) is 0 Å². The largest absolute Gasteiger partial charge is 0.385 e. The van der Waals surface area contributed by atoms with Gasteiger partial charge in [-0.15, -0.1) is 0 Å². The lowest BCUT2D eigenvalue weighted by Gasteiger charge is -2.20. The third-order valence-electron chi connectivity index (χ3n) is 3.65. The van der Waals surface area contributed by atoms with E-state index in [0.717, 1.165) is 36.2 Å². The Morgan fingerprint density at radius 3 is 2.68 bits per heavy atom. The van der Waals surface area contributed by atoms with E-state index in [4.69, 9.17) is 0 Å². The van der Waals surface area contributed by atoms with E-state index < -0.39 is 0 Å². The Hall–Kier alpha value is -2.09. The molecule has 19 heavy (non-hydrogen) atoms. The summed E-state index contributed by atoms with van der Waals surface area (Å²) < 4.78 is 0. The van der Waals surface area contributed by atoms with Crippen LogP contribution in [0.15, 0.2) is 42.5 Å². The SMILES string of the molecule is Cc1ccc(C(=O)c2cccc3c2CCCN3)cc1. The average molecular weight is 251 g/mol. The van der Waals surface area contributed by atoms with Gasteiger partial charge in [-0.3, -0.25) is 4.79 Å². The van der Waals surface area contributed by atoms with Crippen LogP contribution in [0.4, 0.5) is 5.69 Å². The van der Waals surface area contributed by atoms with Crippen molar-refractivity contribution in [1.82, 2.24) is 0 Å². The van der Waals surface area contributed by atoms with Crippen LogP contribution in [0.3, 0.4) is 0 Å². The van der Waals surface area contributed by atoms with E-state index in [2.05, 4.69) is 11.4 Å². The van der Waals surface area contributed by atoms with Crippen molar-refractivity contribution in [1.29, 1.82) is 0 Å². The van der Waals surface area contributed by atoms with Crippen molar-refractivity contribution >= 4 is 11.5 Å². The number of fused-ring (bicyclic) bond motifs is 1. The lowest BCUT2D eigenvalue weighted by atomic mass is 9.92. The van der Waals surface area contributed by atoms with Crippen molar-refractivity contribution in [3.8, 4) is 0 Å². The molecule has 2 aromatic carbocycles. The third kappa shape index (κ3) is 2.26. The Bertz CT molecular complexity index is 614. The van der Waals surface area contributed by atoms with E-state index in [1.807, 2.05) is 43.3 Å². The van der Waals surface area contributed by atoms with E-state index in [9.17, 15) is 4.79 Å². The van der Waals surface area contributed by atoms with Crippen molar-refractivity contribution in [3.05, 3.63) is 64.7 Å². The highest BCUT2D eigenvalue weighted by Gasteiger charge is 2.18. The molecule has 2 aromatic rings. The standard InChI is InChI=1S/C17H17NO/c1-12-7-9-13(10-8-12)17(19)15-4-2-6-16-14(15)5-3-11-18-16/h2,4,6-10,18H,3,5,11H2,1H3. The van der Waals surface area contributed by atoms with Gasteiger partial charge >= 0.3 is 0 Å². The van der Waals surface area contributed by atoms with Crippen LogP contribution in [0.2, 0.25) is 0 Å². The number of ketones is 1. The first kappa shape index (κ1) is 12.0. The van der Waals surface area contributed by atoms with Crippen molar-refractivity contribution in [2.45, 2.75) is 19.8 Å². The number of aryl methyl sites for hydroxylation is 1. The molecule has 0 radical (unpaired) electrons. The first-order chi connectivity index (χ1) is 9.25. The third-order valence-corrected chi connectivity index (χ3v) is 3.65. The molecule has 1 aliphatic heterocycles. The molecule has 3 rings (SSSR count). The monoisotopic (exact) mass is 251 g/mol. The fourth-order valence-electron chi connectivity index (χ4n) is 2.58. The van der Waals surface area contributed by atoms with Gasteiger partial charge in [0.1, 0.15) is 0 Å². The maximum atomic E-state index is 12.6. The second-order valence-electron chi connectivity index (χ2n) is 5.06. The summed E-state index contributed by atoms with van der Waals surface area (Å²) in [6.45, 7) is 3.03. The number of carbonyl (C=O) groups excluding carboxylic acids is 1. The smallest absolute Gasteiger partial charge is 0.193 e. The first-order valence-corrected chi connectivity index (χ1v) is 6.73. The summed E-state index contributed by atoms with van der Waals surface area (Å²) in [6.07, 6.45) is 2.07. The lowest BCUT2D eigenvalue weighted by molar-refractivity contribution is 0.103. The van der Waals surface area contributed by atoms with Crippen LogP contribution in [0, 0.1) is 6.92 Å². The van der Waals surface area contributed by atoms with Crippen LogP contribution < -0.4 is 5.32 Å². The number of nitrogens with one attached hydrogen (secondary N) is 1. The van der Waals surface area contributed by atoms with Gasteiger partial charge in [0, 0.05) is 23.4 Å². The van der Waals surface area contributed by atoms with Gasteiger partial charge in [-0.2, -0.15) is 0 Å². The molecule has 0 amide bonds. The van der Waals surface area contributed by atoms with Crippen LogP contribution >= 0.6 is 0 Å². The summed E-state index contributed by atoms with van der Waals surface area (Å²) in [7, 11) is 0. The summed E-state index contributed by atoms with van der Waals surface area (Å²) in [5, 5.41) is 3.37. The Balaban J connectivity index is 2.02. The van der Waals surface area contributed by atoms with Crippen LogP contribution in [-0.2, 0) is 6.42 Å². The van der Waals surface area contributed by atoms with Gasteiger partial charge in [0.15, 0.2) is 5.78 Å². The predicted octanol–water partition coefficient (Wildman–Crippen LogP) is 3.58. The van der Waals surface area contributed by atoms with Crippen LogP contribution in [0.5, 0.6) is 0 Å². The maximum absolute atomic E-state index is 12.6. The van der Waals surface area contributed by atoms with Crippen LogP contribution in [-0.4, -0.2) is 12.3 Å². The Kier molecular flexibility index (Phi) is 3.08. The van der Waals surface area contributed by atoms with Crippen molar-refractivity contribution in [2.75, 3.05) is 11.9 Å². The molecular weight excluding hydrogens is 234 g/mol. The molecule has 0 saturated heterocycles. The van der Waals surface area contributed by atoms with Gasteiger partial charge in [-0.1, -0.05) is 42.0 Å². The molecule has 0 aliphatic carbocycles. The molecule has 0 saturated carbocycles. The normalized spacial score (nSPS) is 13.5. The summed E-state index contributed by atoms with van der Waals surface area (Å²) in [5.41, 5.74) is 5.06. The van der Waals surface area contributed by atoms with Gasteiger partial charge in [-0.25, -0.2) is 0 Å². The van der Waals surface area contributed by atoms with Gasteiger partial charge < -0.3 is 5.32 Å². The molecule has 0 aromatic heterocycles. The summed E-state index contributed by atoms with van der Waals surface area (Å²) in [6, 6.07) is 13.7. The van der Waals surface area contributed by atoms with Gasteiger partial charge in [0.05, 0.1) is 0 Å². The predicted molar refractivity (Wildman–Crippen MR) is 77.9 cm³/mol. The van der Waals surface area contributed by atoms with Crippen molar-refractivity contribution < 1.29 is 4.79 Å². The lowest BCUT2D eigenvalue weighted by Crippen LogP contribution is -2.15. The highest BCUT2D eigenvalue weighted by molar-refractivity contribution is 6.10. The van der Waals surface area contributed by atoms with Gasteiger partial charge in [-0.05, 0) is 31.4 Å². The molecule has 0 atom stereocenters. The number of carbonyl (C=O) groups is 1. The molecule has 0 spiro atoms. The van der Waals surface area contributed by atoms with Crippen LogP contribution in [0.1, 0.15) is 33.5 Å². The zero-order valence-electron chi connectivity index (χ0n) is 11.1. The molecular formula is C17H17NO. The van der Waals surface area contributed by atoms with E-state index in [-0.39, 0.29) is 5.78 Å². The summed E-state index contributed by atoms with van der Waals surface area (Å²) in [4.78, 5) is 12.6. The molecule has 96 valence electrons. The molecule has 0 fully saturated rings. The number of benzene rings is 2. The highest BCUT2D eigenvalue weighted by atomic mass is 16.1. The topological polar surface area (TPSA) is 29.1 Å². The molecule has 1 aliphatic rings. The van der Waals surface area contributed by atoms with Gasteiger partial charge in [0.2, 0.25) is 0 Å². The summed E-state index contributed by atoms with van der Waals surface area (Å²) >= 11 is 0. The maximum Gasteiger partial charge on any atom is 0.193 e. The van der Waals surface area contributed by atoms with E-state index in [1.54, 1.807) is 0 Å². The minimum Gasteiger partial charge on any atom is -0.385 e. The molecule has 2 nitrogen and oxygen atoms in total. The zero-order chi connectivity index (χ0) is 13.2. The van der Waals surface area contributed by atoms with Crippen LogP contribution in [0.25, 0.3) is 0 Å². The molecule has 0 bridgehead atoms. The molecule has 2 heteroatoms. The average Bonchev–Trinajstić information content (AvgIpc) is 2.47. The second kappa shape index (κ2) is 4.88. The Morgan fingerprint density at radius 2 is 1.89 bits per heavy atom. The zero-order valence-corrected chi connectivity index (χ0v) is 11.1. The fraction of sp³-hybridized carbons (Fsp3) is 0.235. The molecule has 0 unspecified atom stereocenters. The quantitative estimate of drug-likeness (QED) is 0.826. The number of hydrogen-bond donors (Lipinski definition) is 1. The second-order valence-corrected chi connectivity index (χ2v) is 5.06.